The topological polar surface area (TPSA) is 98.5 Å². The van der Waals surface area contributed by atoms with E-state index in [4.69, 9.17) is 9.88 Å². The van der Waals surface area contributed by atoms with E-state index in [1.54, 1.807) is 0 Å². The van der Waals surface area contributed by atoms with Gasteiger partial charge >= 0.3 is 0 Å². The second kappa shape index (κ2) is 6.71. The van der Waals surface area contributed by atoms with Crippen LogP contribution in [0.15, 0.2) is 47.4 Å². The van der Waals surface area contributed by atoms with Crippen molar-refractivity contribution < 1.29 is 26.7 Å². The molecule has 0 heterocycles. The molecule has 2 aromatic carbocycles. The van der Waals surface area contributed by atoms with Gasteiger partial charge < -0.3 is 10.1 Å². The molecule has 0 saturated carbocycles. The first-order valence-corrected chi connectivity index (χ1v) is 7.81. The average molecular weight is 342 g/mol. The molecule has 0 saturated heterocycles. The lowest BCUT2D eigenvalue weighted by Crippen LogP contribution is -2.20. The average Bonchev–Trinajstić information content (AvgIpc) is 2.46. The van der Waals surface area contributed by atoms with Crippen LogP contribution in [0.4, 0.5) is 14.5 Å². The van der Waals surface area contributed by atoms with Crippen molar-refractivity contribution in [3.05, 3.63) is 54.1 Å². The molecule has 0 radical (unpaired) electrons. The van der Waals surface area contributed by atoms with E-state index in [0.717, 1.165) is 12.1 Å². The molecule has 0 aliphatic heterocycles. The van der Waals surface area contributed by atoms with Gasteiger partial charge in [-0.25, -0.2) is 22.3 Å². The van der Waals surface area contributed by atoms with Gasteiger partial charge in [0.2, 0.25) is 10.0 Å². The molecule has 0 aliphatic rings. The highest BCUT2D eigenvalue weighted by Gasteiger charge is 2.10. The van der Waals surface area contributed by atoms with E-state index in [9.17, 15) is 22.0 Å². The van der Waals surface area contributed by atoms with Gasteiger partial charge in [-0.05, 0) is 36.4 Å². The lowest BCUT2D eigenvalue weighted by Gasteiger charge is -2.08. The molecule has 0 spiro atoms. The maximum Gasteiger partial charge on any atom is 0.262 e. The maximum atomic E-state index is 13.3. The van der Waals surface area contributed by atoms with Gasteiger partial charge in [-0.2, -0.15) is 0 Å². The summed E-state index contributed by atoms with van der Waals surface area (Å²) < 4.78 is 53.2. The first-order chi connectivity index (χ1) is 10.8. The molecule has 0 fully saturated rings. The first kappa shape index (κ1) is 16.8. The van der Waals surface area contributed by atoms with Crippen molar-refractivity contribution in [2.75, 3.05) is 11.9 Å². The predicted octanol–water partition coefficient (Wildman–Crippen LogP) is 1.63. The van der Waals surface area contributed by atoms with Gasteiger partial charge in [0.15, 0.2) is 18.2 Å². The van der Waals surface area contributed by atoms with Crippen LogP contribution in [0.5, 0.6) is 5.75 Å². The molecule has 2 rings (SSSR count). The Labute approximate surface area is 130 Å². The summed E-state index contributed by atoms with van der Waals surface area (Å²) in [6.07, 6.45) is 0. The highest BCUT2D eigenvalue weighted by Crippen LogP contribution is 2.18. The molecule has 122 valence electrons. The van der Waals surface area contributed by atoms with Crippen LogP contribution in [0.2, 0.25) is 0 Å². The molecule has 0 aromatic heterocycles. The monoisotopic (exact) mass is 342 g/mol. The van der Waals surface area contributed by atoms with E-state index in [1.807, 2.05) is 0 Å². The first-order valence-electron chi connectivity index (χ1n) is 6.26. The number of sulfonamides is 1. The molecule has 0 aliphatic carbocycles. The van der Waals surface area contributed by atoms with Crippen LogP contribution in [0.1, 0.15) is 0 Å². The van der Waals surface area contributed by atoms with Crippen molar-refractivity contribution in [3.63, 3.8) is 0 Å². The van der Waals surface area contributed by atoms with Crippen molar-refractivity contribution in [1.29, 1.82) is 0 Å². The third-order valence-corrected chi connectivity index (χ3v) is 3.65. The fraction of sp³-hybridized carbons (Fsp3) is 0.0714. The molecule has 23 heavy (non-hydrogen) atoms. The Morgan fingerprint density at radius 1 is 1.13 bits per heavy atom. The Balaban J connectivity index is 1.94. The van der Waals surface area contributed by atoms with Gasteiger partial charge in [0.05, 0.1) is 4.90 Å². The smallest absolute Gasteiger partial charge is 0.262 e. The van der Waals surface area contributed by atoms with Gasteiger partial charge in [0.25, 0.3) is 5.91 Å². The van der Waals surface area contributed by atoms with Crippen LogP contribution in [0, 0.1) is 11.6 Å². The number of nitrogens with two attached hydrogens (primary N) is 1. The number of amides is 1. The van der Waals surface area contributed by atoms with E-state index in [2.05, 4.69) is 5.32 Å². The maximum absolute atomic E-state index is 13.3. The molecule has 0 atom stereocenters. The highest BCUT2D eigenvalue weighted by atomic mass is 32.2. The second-order valence-electron chi connectivity index (χ2n) is 4.48. The standard InChI is InChI=1S/C14H12F2N2O4S/c15-9-1-6-13(12(16)7-9)22-8-14(19)18-10-2-4-11(5-3-10)23(17,20)21/h1-7H,8H2,(H,18,19)(H2,17,20,21). The fourth-order valence-electron chi connectivity index (χ4n) is 1.66. The van der Waals surface area contributed by atoms with Crippen molar-refractivity contribution in [3.8, 4) is 5.75 Å². The van der Waals surface area contributed by atoms with Gasteiger partial charge in [0, 0.05) is 11.8 Å². The normalized spacial score (nSPS) is 11.1. The van der Waals surface area contributed by atoms with Crippen molar-refractivity contribution in [2.45, 2.75) is 4.90 Å². The Kier molecular flexibility index (Phi) is 4.92. The summed E-state index contributed by atoms with van der Waals surface area (Å²) in [7, 11) is -3.81. The van der Waals surface area contributed by atoms with Gasteiger partial charge in [-0.15, -0.1) is 0 Å². The number of benzene rings is 2. The Hall–Kier alpha value is -2.52. The number of rotatable bonds is 5. The number of anilines is 1. The van der Waals surface area contributed by atoms with E-state index < -0.39 is 34.2 Å². The van der Waals surface area contributed by atoms with Gasteiger partial charge in [-0.1, -0.05) is 0 Å². The molecule has 2 aromatic rings. The summed E-state index contributed by atoms with van der Waals surface area (Å²) in [5, 5.41) is 7.37. The number of hydrogen-bond acceptors (Lipinski definition) is 4. The Morgan fingerprint density at radius 2 is 1.78 bits per heavy atom. The number of hydrogen-bond donors (Lipinski definition) is 2. The number of ether oxygens (including phenoxy) is 1. The van der Waals surface area contributed by atoms with E-state index in [1.165, 1.54) is 24.3 Å². The predicted molar refractivity (Wildman–Crippen MR) is 78.3 cm³/mol. The number of carbonyl (C=O) groups excluding carboxylic acids is 1. The minimum absolute atomic E-state index is 0.0971. The summed E-state index contributed by atoms with van der Waals surface area (Å²) in [4.78, 5) is 11.6. The number of primary sulfonamides is 1. The summed E-state index contributed by atoms with van der Waals surface area (Å²) in [5.74, 6) is -2.53. The number of halogens is 2. The minimum atomic E-state index is -3.81. The largest absolute Gasteiger partial charge is 0.481 e. The van der Waals surface area contributed by atoms with Crippen LogP contribution in [-0.2, 0) is 14.8 Å². The second-order valence-corrected chi connectivity index (χ2v) is 6.04. The Morgan fingerprint density at radius 3 is 2.35 bits per heavy atom. The third-order valence-electron chi connectivity index (χ3n) is 2.72. The van der Waals surface area contributed by atoms with Crippen LogP contribution < -0.4 is 15.2 Å². The quantitative estimate of drug-likeness (QED) is 0.863. The number of carbonyl (C=O) groups is 1. The molecule has 0 unspecified atom stereocenters. The zero-order chi connectivity index (χ0) is 17.0. The van der Waals surface area contributed by atoms with E-state index in [0.29, 0.717) is 11.8 Å². The van der Waals surface area contributed by atoms with Gasteiger partial charge in [-0.3, -0.25) is 4.79 Å². The number of nitrogens with one attached hydrogen (secondary N) is 1. The van der Waals surface area contributed by atoms with Crippen LogP contribution in [0.25, 0.3) is 0 Å². The van der Waals surface area contributed by atoms with E-state index >= 15 is 0 Å². The molecule has 1 amide bonds. The summed E-state index contributed by atoms with van der Waals surface area (Å²) in [6.45, 7) is -0.501. The van der Waals surface area contributed by atoms with Crippen molar-refractivity contribution in [1.82, 2.24) is 0 Å². The minimum Gasteiger partial charge on any atom is -0.481 e. The van der Waals surface area contributed by atoms with Crippen molar-refractivity contribution >= 4 is 21.6 Å². The highest BCUT2D eigenvalue weighted by molar-refractivity contribution is 7.89. The zero-order valence-electron chi connectivity index (χ0n) is 11.6. The van der Waals surface area contributed by atoms with Crippen molar-refractivity contribution in [2.24, 2.45) is 5.14 Å². The lowest BCUT2D eigenvalue weighted by atomic mass is 10.3. The molecule has 6 nitrogen and oxygen atoms in total. The van der Waals surface area contributed by atoms with E-state index in [-0.39, 0.29) is 10.6 Å². The van der Waals surface area contributed by atoms with Crippen LogP contribution in [0.3, 0.4) is 0 Å². The lowest BCUT2D eigenvalue weighted by molar-refractivity contribution is -0.118. The molecular formula is C14H12F2N2O4S. The van der Waals surface area contributed by atoms with Crippen LogP contribution in [-0.4, -0.2) is 20.9 Å². The summed E-state index contributed by atoms with van der Waals surface area (Å²) in [5.41, 5.74) is 0.311. The zero-order valence-corrected chi connectivity index (χ0v) is 12.4. The molecule has 0 bridgehead atoms. The summed E-state index contributed by atoms with van der Waals surface area (Å²) in [6, 6.07) is 7.85. The fourth-order valence-corrected chi connectivity index (χ4v) is 2.18. The Bertz CT molecular complexity index is 823. The molecule has 9 heteroatoms. The SMILES string of the molecule is NS(=O)(=O)c1ccc(NC(=O)COc2ccc(F)cc2F)cc1. The molecular weight excluding hydrogens is 330 g/mol. The molecule has 3 N–H and O–H groups in total. The third kappa shape index (κ3) is 4.73. The van der Waals surface area contributed by atoms with Crippen LogP contribution >= 0.6 is 0 Å². The van der Waals surface area contributed by atoms with Gasteiger partial charge in [0.1, 0.15) is 5.82 Å². The summed E-state index contributed by atoms with van der Waals surface area (Å²) >= 11 is 0.